The molecule has 1 heterocycles. The van der Waals surface area contributed by atoms with Gasteiger partial charge in [0.05, 0.1) is 0 Å². The van der Waals surface area contributed by atoms with Crippen molar-refractivity contribution in [3.8, 4) is 0 Å². The molecule has 0 aromatic carbocycles. The zero-order chi connectivity index (χ0) is 14.5. The lowest BCUT2D eigenvalue weighted by molar-refractivity contribution is -0.145. The summed E-state index contributed by atoms with van der Waals surface area (Å²) in [6.07, 6.45) is -2.17. The maximum absolute atomic E-state index is 11.8. The van der Waals surface area contributed by atoms with E-state index in [1.54, 1.807) is 6.92 Å². The molecule has 0 aliphatic heterocycles. The molecule has 0 unspecified atom stereocenters. The summed E-state index contributed by atoms with van der Waals surface area (Å²) in [5.41, 5.74) is 0.609. The lowest BCUT2D eigenvalue weighted by atomic mass is 10.4. The van der Waals surface area contributed by atoms with Gasteiger partial charge in [-0.25, -0.2) is 9.97 Å². The fourth-order valence-corrected chi connectivity index (χ4v) is 0.539. The zero-order valence-electron chi connectivity index (χ0n) is 11.7. The van der Waals surface area contributed by atoms with Crippen LogP contribution >= 0.6 is 0 Å². The molecule has 0 amide bonds. The molecule has 0 bridgehead atoms. The van der Waals surface area contributed by atoms with Crippen molar-refractivity contribution in [2.24, 2.45) is 0 Å². The van der Waals surface area contributed by atoms with E-state index in [1.165, 1.54) is 0 Å². The highest BCUT2D eigenvalue weighted by molar-refractivity contribution is 5.03. The number of hydrogen-bond donors (Lipinski definition) is 0. The minimum Gasteiger partial charge on any atom is -0.233 e. The van der Waals surface area contributed by atoms with Crippen LogP contribution in [0.15, 0.2) is 12.4 Å². The molecule has 0 saturated heterocycles. The van der Waals surface area contributed by atoms with Crippen molar-refractivity contribution in [3.63, 3.8) is 0 Å². The second kappa shape index (κ2) is 12.9. The van der Waals surface area contributed by atoms with Crippen LogP contribution in [-0.4, -0.2) is 9.97 Å². The van der Waals surface area contributed by atoms with Crippen LogP contribution < -0.4 is 0 Å². The fraction of sp³-hybridized carbons (Fsp3) is 0.667. The first kappa shape index (κ1) is 21.2. The molecule has 0 atom stereocenters. The summed E-state index contributed by atoms with van der Waals surface area (Å²) in [6.45, 7) is 13.6. The van der Waals surface area contributed by atoms with Crippen molar-refractivity contribution in [3.05, 3.63) is 23.8 Å². The van der Waals surface area contributed by atoms with E-state index in [4.69, 9.17) is 0 Å². The van der Waals surface area contributed by atoms with Gasteiger partial charge < -0.3 is 0 Å². The van der Waals surface area contributed by atoms with Gasteiger partial charge >= 0.3 is 6.18 Å². The SMILES string of the molecule is CC.CC.CC.Cc1cnc(C(F)(F)F)nc1. The summed E-state index contributed by atoms with van der Waals surface area (Å²) in [5, 5.41) is 0. The number of hydrogen-bond acceptors (Lipinski definition) is 2. The van der Waals surface area contributed by atoms with E-state index in [2.05, 4.69) is 9.97 Å². The number of halogens is 3. The Morgan fingerprint density at radius 1 is 0.824 bits per heavy atom. The van der Waals surface area contributed by atoms with Gasteiger partial charge in [-0.1, -0.05) is 41.5 Å². The second-order valence-corrected chi connectivity index (χ2v) is 2.08. The van der Waals surface area contributed by atoms with E-state index in [-0.39, 0.29) is 0 Å². The van der Waals surface area contributed by atoms with Crippen molar-refractivity contribution in [2.45, 2.75) is 54.6 Å². The standard InChI is InChI=1S/C6H5F3N2.3C2H6/c1-4-2-10-5(11-3-4)6(7,8)9;3*1-2/h2-3H,1H3;3*1-2H3. The summed E-state index contributed by atoms with van der Waals surface area (Å²) in [6, 6.07) is 0. The molecule has 1 aromatic rings. The number of aromatic nitrogens is 2. The van der Waals surface area contributed by atoms with E-state index in [0.717, 1.165) is 12.4 Å². The summed E-state index contributed by atoms with van der Waals surface area (Å²) < 4.78 is 35.4. The monoisotopic (exact) mass is 252 g/mol. The lowest BCUT2D eigenvalue weighted by Gasteiger charge is -2.02. The van der Waals surface area contributed by atoms with E-state index >= 15 is 0 Å². The highest BCUT2D eigenvalue weighted by atomic mass is 19.4. The molecule has 2 nitrogen and oxygen atoms in total. The van der Waals surface area contributed by atoms with Gasteiger partial charge in [0.25, 0.3) is 0 Å². The van der Waals surface area contributed by atoms with Gasteiger partial charge in [0.15, 0.2) is 0 Å². The van der Waals surface area contributed by atoms with E-state index < -0.39 is 12.0 Å². The normalized spacial score (nSPS) is 8.59. The van der Waals surface area contributed by atoms with Crippen LogP contribution in [0.1, 0.15) is 52.9 Å². The molecule has 1 rings (SSSR count). The van der Waals surface area contributed by atoms with Gasteiger partial charge in [0.2, 0.25) is 5.82 Å². The Hall–Kier alpha value is -1.13. The molecule has 0 aliphatic rings. The van der Waals surface area contributed by atoms with Gasteiger partial charge in [-0.05, 0) is 12.5 Å². The molecule has 1 aromatic heterocycles. The third-order valence-corrected chi connectivity index (χ3v) is 1.03. The largest absolute Gasteiger partial charge is 0.451 e. The maximum Gasteiger partial charge on any atom is 0.451 e. The molecular formula is C12H23F3N2. The van der Waals surface area contributed by atoms with Crippen molar-refractivity contribution in [1.82, 2.24) is 9.97 Å². The van der Waals surface area contributed by atoms with E-state index in [1.807, 2.05) is 41.5 Å². The Morgan fingerprint density at radius 3 is 1.35 bits per heavy atom. The van der Waals surface area contributed by atoms with Gasteiger partial charge in [0.1, 0.15) is 0 Å². The predicted molar refractivity (Wildman–Crippen MR) is 65.8 cm³/mol. The number of aryl methyl sites for hydroxylation is 1. The molecule has 102 valence electrons. The van der Waals surface area contributed by atoms with Crippen LogP contribution in [0.4, 0.5) is 13.2 Å². The summed E-state index contributed by atoms with van der Waals surface area (Å²) in [4.78, 5) is 6.23. The quantitative estimate of drug-likeness (QED) is 0.657. The van der Waals surface area contributed by atoms with Crippen molar-refractivity contribution in [1.29, 1.82) is 0 Å². The predicted octanol–water partition coefficient (Wildman–Crippen LogP) is 4.88. The first-order valence-corrected chi connectivity index (χ1v) is 5.86. The van der Waals surface area contributed by atoms with E-state index in [0.29, 0.717) is 5.56 Å². The van der Waals surface area contributed by atoms with Gasteiger partial charge in [-0.15, -0.1) is 0 Å². The molecule has 17 heavy (non-hydrogen) atoms. The fourth-order valence-electron chi connectivity index (χ4n) is 0.539. The smallest absolute Gasteiger partial charge is 0.233 e. The van der Waals surface area contributed by atoms with Crippen molar-refractivity contribution >= 4 is 0 Å². The molecule has 0 saturated carbocycles. The third kappa shape index (κ3) is 11.1. The zero-order valence-corrected chi connectivity index (χ0v) is 11.7. The summed E-state index contributed by atoms with van der Waals surface area (Å²) >= 11 is 0. The third-order valence-electron chi connectivity index (χ3n) is 1.03. The topological polar surface area (TPSA) is 25.8 Å². The highest BCUT2D eigenvalue weighted by Crippen LogP contribution is 2.25. The first-order valence-electron chi connectivity index (χ1n) is 5.86. The van der Waals surface area contributed by atoms with Crippen LogP contribution in [0, 0.1) is 6.92 Å². The molecular weight excluding hydrogens is 229 g/mol. The van der Waals surface area contributed by atoms with Gasteiger partial charge in [-0.2, -0.15) is 13.2 Å². The van der Waals surface area contributed by atoms with Crippen LogP contribution in [0.5, 0.6) is 0 Å². The van der Waals surface area contributed by atoms with Crippen LogP contribution in [0.3, 0.4) is 0 Å². The highest BCUT2D eigenvalue weighted by Gasteiger charge is 2.33. The van der Waals surface area contributed by atoms with Crippen molar-refractivity contribution in [2.75, 3.05) is 0 Å². The van der Waals surface area contributed by atoms with Crippen LogP contribution in [-0.2, 0) is 6.18 Å². The van der Waals surface area contributed by atoms with Gasteiger partial charge in [-0.3, -0.25) is 0 Å². The Balaban J connectivity index is -0.000000285. The Morgan fingerprint density at radius 2 is 1.12 bits per heavy atom. The minimum atomic E-state index is -4.44. The maximum atomic E-state index is 11.8. The molecule has 0 N–H and O–H groups in total. The number of alkyl halides is 3. The Bertz CT molecular complexity index is 243. The molecule has 5 heteroatoms. The average Bonchev–Trinajstić information content (AvgIpc) is 2.36. The van der Waals surface area contributed by atoms with Crippen molar-refractivity contribution < 1.29 is 13.2 Å². The second-order valence-electron chi connectivity index (χ2n) is 2.08. The molecule has 0 fully saturated rings. The lowest BCUT2D eigenvalue weighted by Crippen LogP contribution is -2.10. The minimum absolute atomic E-state index is 0.609. The molecule has 0 radical (unpaired) electrons. The van der Waals surface area contributed by atoms with Gasteiger partial charge in [0, 0.05) is 12.4 Å². The summed E-state index contributed by atoms with van der Waals surface area (Å²) in [7, 11) is 0. The number of nitrogens with zero attached hydrogens (tertiary/aromatic N) is 2. The summed E-state index contributed by atoms with van der Waals surface area (Å²) in [5.74, 6) is -1.09. The Kier molecular flexibility index (Phi) is 16.1. The molecule has 0 spiro atoms. The average molecular weight is 252 g/mol. The first-order chi connectivity index (χ1) is 8.00. The number of rotatable bonds is 0. The van der Waals surface area contributed by atoms with E-state index in [9.17, 15) is 13.2 Å². The Labute approximate surface area is 102 Å². The molecule has 0 aliphatic carbocycles. The van der Waals surface area contributed by atoms with Crippen LogP contribution in [0.25, 0.3) is 0 Å². The van der Waals surface area contributed by atoms with Crippen LogP contribution in [0.2, 0.25) is 0 Å².